The standard InChI is InChI=1S/C23H28O8/c1-9-10-6-7-11-21-8-29-23(22(11,14(9)24)17(10)30-20(4,5)31-23)16(26)13(21)19(2,3)12(15(21)25)18(27)28/h10-13,16-17,26H,1,6-8H2,2-5H3,(H,27,28)/t10-,11-,12?,13+,16-,17+,21-,22?,23?/m0/s1. The zero-order chi connectivity index (χ0) is 22.5. The third kappa shape index (κ3) is 1.68. The molecule has 0 aromatic rings. The minimum Gasteiger partial charge on any atom is -0.481 e. The van der Waals surface area contributed by atoms with Gasteiger partial charge in [-0.2, -0.15) is 0 Å². The number of carboxylic acids is 1. The smallest absolute Gasteiger partial charge is 0.314 e. The van der Waals surface area contributed by atoms with Crippen LogP contribution in [0.2, 0.25) is 0 Å². The minimum atomic E-state index is -1.71. The Labute approximate surface area is 179 Å². The summed E-state index contributed by atoms with van der Waals surface area (Å²) in [7, 11) is 0. The van der Waals surface area contributed by atoms with Gasteiger partial charge >= 0.3 is 5.97 Å². The predicted molar refractivity (Wildman–Crippen MR) is 103 cm³/mol. The molecule has 9 atom stereocenters. The van der Waals surface area contributed by atoms with Crippen molar-refractivity contribution in [2.75, 3.05) is 6.61 Å². The molecule has 7 aliphatic rings. The van der Waals surface area contributed by atoms with Crippen molar-refractivity contribution in [2.24, 2.45) is 39.9 Å². The molecule has 0 radical (unpaired) electrons. The molecule has 0 amide bonds. The highest BCUT2D eigenvalue weighted by atomic mass is 16.8. The van der Waals surface area contributed by atoms with Crippen molar-refractivity contribution in [2.45, 2.75) is 64.3 Å². The first-order valence-corrected chi connectivity index (χ1v) is 11.0. The van der Waals surface area contributed by atoms with Crippen LogP contribution in [0.25, 0.3) is 0 Å². The van der Waals surface area contributed by atoms with Crippen LogP contribution in [0, 0.1) is 39.9 Å². The first-order valence-electron chi connectivity index (χ1n) is 11.0. The van der Waals surface area contributed by atoms with Crippen molar-refractivity contribution in [3.63, 3.8) is 0 Å². The van der Waals surface area contributed by atoms with E-state index in [1.165, 1.54) is 0 Å². The lowest BCUT2D eigenvalue weighted by Crippen LogP contribution is -2.86. The fourth-order valence-corrected chi connectivity index (χ4v) is 8.89. The number of aliphatic hydroxyl groups excluding tert-OH is 1. The maximum absolute atomic E-state index is 13.9. The van der Waals surface area contributed by atoms with Gasteiger partial charge in [0.25, 0.3) is 0 Å². The Kier molecular flexibility index (Phi) is 3.32. The van der Waals surface area contributed by atoms with E-state index in [-0.39, 0.29) is 18.3 Å². The van der Waals surface area contributed by atoms with Gasteiger partial charge in [-0.1, -0.05) is 20.4 Å². The number of carboxylic acid groups (broad SMARTS) is 1. The largest absolute Gasteiger partial charge is 0.481 e. The summed E-state index contributed by atoms with van der Waals surface area (Å²) in [5, 5.41) is 21.9. The third-order valence-electron chi connectivity index (χ3n) is 9.55. The Morgan fingerprint density at radius 2 is 1.84 bits per heavy atom. The molecule has 4 bridgehead atoms. The van der Waals surface area contributed by atoms with E-state index in [0.29, 0.717) is 18.4 Å². The molecule has 7 rings (SSSR count). The van der Waals surface area contributed by atoms with Gasteiger partial charge in [-0.3, -0.25) is 14.4 Å². The number of hydrogen-bond acceptors (Lipinski definition) is 7. The van der Waals surface area contributed by atoms with Crippen molar-refractivity contribution < 1.29 is 38.8 Å². The normalized spacial score (nSPS) is 55.2. The van der Waals surface area contributed by atoms with Gasteiger partial charge in [0.15, 0.2) is 17.4 Å². The molecule has 31 heavy (non-hydrogen) atoms. The van der Waals surface area contributed by atoms with Crippen molar-refractivity contribution in [1.82, 2.24) is 0 Å². The number of fused-ring (bicyclic) bond motifs is 1. The fraction of sp³-hybridized carbons (Fsp3) is 0.783. The highest BCUT2D eigenvalue weighted by Crippen LogP contribution is 2.80. The van der Waals surface area contributed by atoms with Crippen molar-refractivity contribution >= 4 is 17.5 Å². The monoisotopic (exact) mass is 432 g/mol. The summed E-state index contributed by atoms with van der Waals surface area (Å²) in [6.45, 7) is 10.9. The summed E-state index contributed by atoms with van der Waals surface area (Å²) in [5.74, 6) is -7.59. The summed E-state index contributed by atoms with van der Waals surface area (Å²) in [4.78, 5) is 40.0. The Morgan fingerprint density at radius 3 is 2.48 bits per heavy atom. The lowest BCUT2D eigenvalue weighted by Gasteiger charge is -2.73. The van der Waals surface area contributed by atoms with E-state index in [1.54, 1.807) is 27.7 Å². The number of Topliss-reactive ketones (excluding diaryl/α,β-unsaturated/α-hetero) is 2. The summed E-state index contributed by atoms with van der Waals surface area (Å²) in [5.41, 5.74) is -3.32. The Balaban J connectivity index is 1.69. The van der Waals surface area contributed by atoms with Crippen LogP contribution in [-0.2, 0) is 28.6 Å². The van der Waals surface area contributed by atoms with Crippen LogP contribution in [0.15, 0.2) is 12.2 Å². The Hall–Kier alpha value is -1.61. The topological polar surface area (TPSA) is 119 Å². The Morgan fingerprint density at radius 1 is 1.16 bits per heavy atom. The van der Waals surface area contributed by atoms with Gasteiger partial charge in [-0.05, 0) is 43.6 Å². The molecular weight excluding hydrogens is 404 g/mol. The highest BCUT2D eigenvalue weighted by Gasteiger charge is 2.92. The molecule has 168 valence electrons. The number of aliphatic hydroxyl groups is 1. The van der Waals surface area contributed by atoms with E-state index in [9.17, 15) is 24.6 Å². The molecule has 4 aliphatic carbocycles. The molecule has 3 unspecified atom stereocenters. The summed E-state index contributed by atoms with van der Waals surface area (Å²) >= 11 is 0. The first-order chi connectivity index (χ1) is 14.3. The van der Waals surface area contributed by atoms with Crippen molar-refractivity contribution in [3.05, 3.63) is 12.2 Å². The lowest BCUT2D eigenvalue weighted by molar-refractivity contribution is -0.520. The van der Waals surface area contributed by atoms with E-state index in [0.717, 1.165) is 0 Å². The number of aliphatic carboxylic acids is 1. The van der Waals surface area contributed by atoms with Gasteiger partial charge in [0.05, 0.1) is 18.1 Å². The Bertz CT molecular complexity index is 982. The summed E-state index contributed by atoms with van der Waals surface area (Å²) in [6.07, 6.45) is -0.853. The molecule has 3 saturated heterocycles. The van der Waals surface area contributed by atoms with Crippen LogP contribution >= 0.6 is 0 Å². The molecule has 2 N–H and O–H groups in total. The second-order valence-corrected chi connectivity index (χ2v) is 11.4. The fourth-order valence-electron chi connectivity index (χ4n) is 8.89. The number of ether oxygens (including phenoxy) is 3. The molecule has 3 spiro atoms. The van der Waals surface area contributed by atoms with E-state index in [1.807, 2.05) is 0 Å². The van der Waals surface area contributed by atoms with E-state index < -0.39 is 69.5 Å². The van der Waals surface area contributed by atoms with Gasteiger partial charge < -0.3 is 24.4 Å². The minimum absolute atomic E-state index is 0.0690. The second kappa shape index (κ2) is 5.14. The zero-order valence-corrected chi connectivity index (χ0v) is 18.1. The summed E-state index contributed by atoms with van der Waals surface area (Å²) < 4.78 is 18.9. The second-order valence-electron chi connectivity index (χ2n) is 11.4. The third-order valence-corrected chi connectivity index (χ3v) is 9.55. The highest BCUT2D eigenvalue weighted by molar-refractivity contribution is 6.09. The SMILES string of the molecule is C=C1C(=O)C23[C@@H]4OC(C)(C)OC25OC[C@]2(C(=O)C(C(=O)O)C(C)(C)[C@H]2[C@@H]5O)[C@@H]3CC[C@@H]14. The molecule has 3 heterocycles. The quantitative estimate of drug-likeness (QED) is 0.470. The van der Waals surface area contributed by atoms with Crippen LogP contribution in [0.3, 0.4) is 0 Å². The molecule has 0 aromatic heterocycles. The molecule has 8 nitrogen and oxygen atoms in total. The molecule has 4 saturated carbocycles. The molecular formula is C23H28O8. The molecule has 8 heteroatoms. The molecule has 7 fully saturated rings. The van der Waals surface area contributed by atoms with Gasteiger partial charge in [0, 0.05) is 11.8 Å². The maximum Gasteiger partial charge on any atom is 0.314 e. The van der Waals surface area contributed by atoms with Crippen molar-refractivity contribution in [1.29, 1.82) is 0 Å². The van der Waals surface area contributed by atoms with Crippen LogP contribution in [0.5, 0.6) is 0 Å². The van der Waals surface area contributed by atoms with Crippen LogP contribution in [-0.4, -0.2) is 58.1 Å². The van der Waals surface area contributed by atoms with Crippen molar-refractivity contribution in [3.8, 4) is 0 Å². The number of ketones is 2. The summed E-state index contributed by atoms with van der Waals surface area (Å²) in [6, 6.07) is 0. The zero-order valence-electron chi connectivity index (χ0n) is 18.1. The molecule has 3 aliphatic heterocycles. The number of rotatable bonds is 1. The average molecular weight is 432 g/mol. The number of carbonyl (C=O) groups is 3. The van der Waals surface area contributed by atoms with Gasteiger partial charge in [-0.15, -0.1) is 0 Å². The van der Waals surface area contributed by atoms with E-state index >= 15 is 0 Å². The van der Waals surface area contributed by atoms with Gasteiger partial charge in [-0.25, -0.2) is 0 Å². The van der Waals surface area contributed by atoms with Crippen LogP contribution < -0.4 is 0 Å². The van der Waals surface area contributed by atoms with Crippen LogP contribution in [0.1, 0.15) is 40.5 Å². The van der Waals surface area contributed by atoms with E-state index in [4.69, 9.17) is 14.2 Å². The first kappa shape index (κ1) is 20.0. The van der Waals surface area contributed by atoms with E-state index in [2.05, 4.69) is 6.58 Å². The number of hydrogen-bond donors (Lipinski definition) is 2. The van der Waals surface area contributed by atoms with Gasteiger partial charge in [0.1, 0.15) is 17.4 Å². The average Bonchev–Trinajstić information content (AvgIpc) is 2.90. The molecule has 0 aromatic carbocycles. The number of carbonyl (C=O) groups excluding carboxylic acids is 2. The lowest BCUT2D eigenvalue weighted by atomic mass is 9.40. The predicted octanol–water partition coefficient (Wildman–Crippen LogP) is 1.30. The van der Waals surface area contributed by atoms with Crippen LogP contribution in [0.4, 0.5) is 0 Å². The van der Waals surface area contributed by atoms with Gasteiger partial charge in [0.2, 0.25) is 5.79 Å². The maximum atomic E-state index is 13.9.